The highest BCUT2D eigenvalue weighted by molar-refractivity contribution is 5.85. The summed E-state index contributed by atoms with van der Waals surface area (Å²) in [5.74, 6) is -6.53. The van der Waals surface area contributed by atoms with Crippen LogP contribution in [0.1, 0.15) is 18.1 Å². The lowest BCUT2D eigenvalue weighted by Gasteiger charge is -2.29. The Morgan fingerprint density at radius 2 is 1.50 bits per heavy atom. The molecule has 0 heterocycles. The van der Waals surface area contributed by atoms with Gasteiger partial charge in [0.2, 0.25) is 0 Å². The topological polar surface area (TPSA) is 69.6 Å². The first kappa shape index (κ1) is 18.3. The molecule has 0 radical (unpaired) electrons. The first-order valence-corrected chi connectivity index (χ1v) is 6.07. The molecule has 0 fully saturated rings. The molecule has 4 nitrogen and oxygen atoms in total. The van der Waals surface area contributed by atoms with Gasteiger partial charge in [0.1, 0.15) is 0 Å². The quantitative estimate of drug-likeness (QED) is 0.721. The third-order valence-corrected chi connectivity index (χ3v) is 2.97. The van der Waals surface area contributed by atoms with Gasteiger partial charge in [0.25, 0.3) is 5.91 Å². The van der Waals surface area contributed by atoms with Crippen LogP contribution in [0, 0.1) is 0 Å². The van der Waals surface area contributed by atoms with Gasteiger partial charge in [-0.3, -0.25) is 4.79 Å². The van der Waals surface area contributed by atoms with Gasteiger partial charge in [-0.15, -0.1) is 0 Å². The molecule has 3 N–H and O–H groups in total. The summed E-state index contributed by atoms with van der Waals surface area (Å²) in [6.45, 7) is -0.672. The van der Waals surface area contributed by atoms with Gasteiger partial charge in [-0.2, -0.15) is 22.0 Å². The van der Waals surface area contributed by atoms with Gasteiger partial charge >= 0.3 is 12.1 Å². The second-order valence-electron chi connectivity index (χ2n) is 4.95. The Morgan fingerprint density at radius 3 is 1.91 bits per heavy atom. The van der Waals surface area contributed by atoms with Gasteiger partial charge in [-0.1, -0.05) is 18.2 Å². The monoisotopic (exact) mass is 327 g/mol. The molecule has 0 aromatic heterocycles. The van der Waals surface area contributed by atoms with E-state index in [0.29, 0.717) is 12.1 Å². The van der Waals surface area contributed by atoms with E-state index in [-0.39, 0.29) is 0 Å². The smallest absolute Gasteiger partial charge is 0.394 e. The van der Waals surface area contributed by atoms with Gasteiger partial charge in [0.15, 0.2) is 0 Å². The predicted molar refractivity (Wildman–Crippen MR) is 66.1 cm³/mol. The molecule has 0 atom stereocenters. The van der Waals surface area contributed by atoms with E-state index in [1.807, 2.05) is 0 Å². The first-order valence-electron chi connectivity index (χ1n) is 6.07. The molecule has 0 unspecified atom stereocenters. The van der Waals surface area contributed by atoms with E-state index in [1.54, 1.807) is 5.32 Å². The maximum Gasteiger partial charge on any atom is 0.416 e. The van der Waals surface area contributed by atoms with Gasteiger partial charge in [-0.25, -0.2) is 0 Å². The molecule has 1 rings (SSSR count). The van der Waals surface area contributed by atoms with Gasteiger partial charge in [0.05, 0.1) is 24.3 Å². The standard InChI is InChI=1S/C13H14F5NO3/c1-11(6-20,7-21)19-10(22)12(14,15)8-4-2-3-5-9(8)13(16,17)18/h2-5,20-21H,6-7H2,1H3,(H,19,22). The first-order chi connectivity index (χ1) is 9.98. The Balaban J connectivity index is 3.23. The molecule has 0 bridgehead atoms. The Morgan fingerprint density at radius 1 is 1.05 bits per heavy atom. The largest absolute Gasteiger partial charge is 0.416 e. The summed E-state index contributed by atoms with van der Waals surface area (Å²) in [6, 6.07) is 2.81. The predicted octanol–water partition coefficient (Wildman–Crippen LogP) is 1.66. The zero-order valence-corrected chi connectivity index (χ0v) is 11.4. The van der Waals surface area contributed by atoms with E-state index in [1.165, 1.54) is 0 Å². The maximum atomic E-state index is 14.1. The van der Waals surface area contributed by atoms with Gasteiger partial charge < -0.3 is 15.5 Å². The lowest BCUT2D eigenvalue weighted by Crippen LogP contribution is -2.55. The summed E-state index contributed by atoms with van der Waals surface area (Å²) in [5, 5.41) is 19.6. The minimum Gasteiger partial charge on any atom is -0.394 e. The van der Waals surface area contributed by atoms with E-state index in [2.05, 4.69) is 0 Å². The van der Waals surface area contributed by atoms with Crippen LogP contribution in [0.15, 0.2) is 24.3 Å². The number of aliphatic hydroxyl groups excluding tert-OH is 2. The van der Waals surface area contributed by atoms with E-state index in [9.17, 15) is 26.7 Å². The van der Waals surface area contributed by atoms with Crippen molar-refractivity contribution in [1.82, 2.24) is 5.32 Å². The van der Waals surface area contributed by atoms with Crippen molar-refractivity contribution in [2.75, 3.05) is 13.2 Å². The molecule has 0 aliphatic rings. The van der Waals surface area contributed by atoms with Crippen LogP contribution >= 0.6 is 0 Å². The lowest BCUT2D eigenvalue weighted by molar-refractivity contribution is -0.155. The molecule has 0 saturated heterocycles. The van der Waals surface area contributed by atoms with Crippen molar-refractivity contribution < 1.29 is 37.0 Å². The van der Waals surface area contributed by atoms with Crippen molar-refractivity contribution in [3.05, 3.63) is 35.4 Å². The second-order valence-corrected chi connectivity index (χ2v) is 4.95. The number of carbonyl (C=O) groups excluding carboxylic acids is 1. The molecule has 124 valence electrons. The third-order valence-electron chi connectivity index (χ3n) is 2.97. The number of hydrogen-bond acceptors (Lipinski definition) is 3. The number of nitrogens with one attached hydrogen (secondary N) is 1. The molecule has 1 aromatic rings. The van der Waals surface area contributed by atoms with Crippen LogP contribution in [0.4, 0.5) is 22.0 Å². The molecule has 9 heteroatoms. The minimum absolute atomic E-state index is 0.438. The minimum atomic E-state index is -5.06. The van der Waals surface area contributed by atoms with Crippen LogP contribution in [-0.2, 0) is 16.9 Å². The van der Waals surface area contributed by atoms with Crippen molar-refractivity contribution in [2.45, 2.75) is 24.6 Å². The summed E-state index contributed by atoms with van der Waals surface area (Å²) in [7, 11) is 0. The highest BCUT2D eigenvalue weighted by atomic mass is 19.4. The van der Waals surface area contributed by atoms with Crippen LogP contribution in [0.25, 0.3) is 0 Å². The molecule has 0 aliphatic carbocycles. The third kappa shape index (κ3) is 3.72. The maximum absolute atomic E-state index is 14.1. The van der Waals surface area contributed by atoms with Gasteiger partial charge in [-0.05, 0) is 13.0 Å². The van der Waals surface area contributed by atoms with E-state index < -0.39 is 47.9 Å². The van der Waals surface area contributed by atoms with Gasteiger partial charge in [0, 0.05) is 5.56 Å². The number of aliphatic hydroxyl groups is 2. The number of hydrogen-bond donors (Lipinski definition) is 3. The summed E-state index contributed by atoms with van der Waals surface area (Å²) in [4.78, 5) is 11.6. The van der Waals surface area contributed by atoms with E-state index >= 15 is 0 Å². The van der Waals surface area contributed by atoms with Crippen LogP contribution in [-0.4, -0.2) is 34.9 Å². The van der Waals surface area contributed by atoms with Crippen LogP contribution < -0.4 is 5.32 Å². The Bertz CT molecular complexity index is 541. The second kappa shape index (κ2) is 6.17. The number of alkyl halides is 5. The average Bonchev–Trinajstić information content (AvgIpc) is 2.46. The SMILES string of the molecule is CC(CO)(CO)NC(=O)C(F)(F)c1ccccc1C(F)(F)F. The molecule has 1 aromatic carbocycles. The van der Waals surface area contributed by atoms with Crippen molar-refractivity contribution in [1.29, 1.82) is 0 Å². The molecular formula is C13H14F5NO3. The molecule has 22 heavy (non-hydrogen) atoms. The molecule has 0 saturated carbocycles. The van der Waals surface area contributed by atoms with Crippen LogP contribution in [0.2, 0.25) is 0 Å². The Hall–Kier alpha value is -1.74. The summed E-state index contributed by atoms with van der Waals surface area (Å²) < 4.78 is 66.4. The number of rotatable bonds is 5. The average molecular weight is 327 g/mol. The fourth-order valence-electron chi connectivity index (χ4n) is 1.61. The number of carbonyl (C=O) groups is 1. The lowest BCUT2D eigenvalue weighted by atomic mass is 9.98. The van der Waals surface area contributed by atoms with Crippen molar-refractivity contribution in [2.24, 2.45) is 0 Å². The molecule has 0 aliphatic heterocycles. The number of halogens is 5. The highest BCUT2D eigenvalue weighted by Crippen LogP contribution is 2.39. The Labute approximate surface area is 122 Å². The fraction of sp³-hybridized carbons (Fsp3) is 0.462. The molecular weight excluding hydrogens is 313 g/mol. The van der Waals surface area contributed by atoms with Crippen molar-refractivity contribution in [3.8, 4) is 0 Å². The molecule has 1 amide bonds. The van der Waals surface area contributed by atoms with Crippen molar-refractivity contribution in [3.63, 3.8) is 0 Å². The zero-order valence-electron chi connectivity index (χ0n) is 11.4. The van der Waals surface area contributed by atoms with E-state index in [0.717, 1.165) is 19.1 Å². The number of benzene rings is 1. The zero-order chi connectivity index (χ0) is 17.2. The van der Waals surface area contributed by atoms with Crippen LogP contribution in [0.5, 0.6) is 0 Å². The summed E-state index contributed by atoms with van der Waals surface area (Å²) in [6.07, 6.45) is -5.06. The highest BCUT2D eigenvalue weighted by Gasteiger charge is 2.49. The fourth-order valence-corrected chi connectivity index (χ4v) is 1.61. The van der Waals surface area contributed by atoms with E-state index in [4.69, 9.17) is 10.2 Å². The Kier molecular flexibility index (Phi) is 5.14. The summed E-state index contributed by atoms with van der Waals surface area (Å²) in [5.41, 5.74) is -4.92. The normalized spacial score (nSPS) is 13.1. The van der Waals surface area contributed by atoms with Crippen LogP contribution in [0.3, 0.4) is 0 Å². The molecule has 0 spiro atoms. The number of amides is 1. The summed E-state index contributed by atoms with van der Waals surface area (Å²) >= 11 is 0. The van der Waals surface area contributed by atoms with Crippen molar-refractivity contribution >= 4 is 5.91 Å².